The van der Waals surface area contributed by atoms with Gasteiger partial charge < -0.3 is 14.2 Å². The van der Waals surface area contributed by atoms with E-state index < -0.39 is 0 Å². The van der Waals surface area contributed by atoms with Gasteiger partial charge >= 0.3 is 5.97 Å². The summed E-state index contributed by atoms with van der Waals surface area (Å²) < 4.78 is 14.9. The SMILES string of the molecule is CCOCCN(CCOC)CCC(=O)OC. The average molecular weight is 233 g/mol. The zero-order valence-corrected chi connectivity index (χ0v) is 10.5. The Kier molecular flexibility index (Phi) is 10.4. The van der Waals surface area contributed by atoms with Gasteiger partial charge in [-0.15, -0.1) is 0 Å². The standard InChI is InChI=1S/C11H23NO4/c1-4-16-10-8-12(7-9-14-2)6-5-11(13)15-3/h4-10H2,1-3H3. The van der Waals surface area contributed by atoms with Crippen LogP contribution in [0.15, 0.2) is 0 Å². The number of carbonyl (C=O) groups excluding carboxylic acids is 1. The van der Waals surface area contributed by atoms with Crippen LogP contribution < -0.4 is 0 Å². The minimum atomic E-state index is -0.182. The maximum atomic E-state index is 11.0. The van der Waals surface area contributed by atoms with Gasteiger partial charge in [-0.25, -0.2) is 0 Å². The van der Waals surface area contributed by atoms with Gasteiger partial charge in [-0.3, -0.25) is 9.69 Å². The van der Waals surface area contributed by atoms with Crippen molar-refractivity contribution in [2.75, 3.05) is 53.7 Å². The fraction of sp³-hybridized carbons (Fsp3) is 0.909. The van der Waals surface area contributed by atoms with Gasteiger partial charge in [0.15, 0.2) is 0 Å². The van der Waals surface area contributed by atoms with Crippen molar-refractivity contribution < 1.29 is 19.0 Å². The van der Waals surface area contributed by atoms with E-state index in [1.807, 2.05) is 6.92 Å². The first kappa shape index (κ1) is 15.3. The van der Waals surface area contributed by atoms with Crippen molar-refractivity contribution in [3.8, 4) is 0 Å². The molecule has 0 aliphatic rings. The summed E-state index contributed by atoms with van der Waals surface area (Å²) in [5.74, 6) is -0.182. The second-order valence-corrected chi connectivity index (χ2v) is 3.36. The van der Waals surface area contributed by atoms with Crippen LogP contribution in [0.1, 0.15) is 13.3 Å². The third-order valence-electron chi connectivity index (χ3n) is 2.23. The van der Waals surface area contributed by atoms with Gasteiger partial charge in [0.2, 0.25) is 0 Å². The maximum Gasteiger partial charge on any atom is 0.306 e. The zero-order chi connectivity index (χ0) is 12.2. The Hall–Kier alpha value is -0.650. The van der Waals surface area contributed by atoms with Gasteiger partial charge in [0.25, 0.3) is 0 Å². The first-order valence-electron chi connectivity index (χ1n) is 5.60. The number of hydrogen-bond donors (Lipinski definition) is 0. The predicted molar refractivity (Wildman–Crippen MR) is 61.4 cm³/mol. The van der Waals surface area contributed by atoms with Crippen molar-refractivity contribution in [1.29, 1.82) is 0 Å². The molecular weight excluding hydrogens is 210 g/mol. The van der Waals surface area contributed by atoms with E-state index in [2.05, 4.69) is 9.64 Å². The summed E-state index contributed by atoms with van der Waals surface area (Å²) in [7, 11) is 3.07. The molecule has 5 heteroatoms. The maximum absolute atomic E-state index is 11.0. The minimum absolute atomic E-state index is 0.182. The Morgan fingerprint density at radius 2 is 1.81 bits per heavy atom. The van der Waals surface area contributed by atoms with Crippen LogP contribution in [0.5, 0.6) is 0 Å². The number of methoxy groups -OCH3 is 2. The van der Waals surface area contributed by atoms with Crippen molar-refractivity contribution in [2.45, 2.75) is 13.3 Å². The highest BCUT2D eigenvalue weighted by atomic mass is 16.5. The van der Waals surface area contributed by atoms with E-state index in [1.54, 1.807) is 7.11 Å². The molecule has 0 saturated carbocycles. The molecule has 0 aromatic heterocycles. The molecule has 5 nitrogen and oxygen atoms in total. The smallest absolute Gasteiger partial charge is 0.306 e. The molecular formula is C11H23NO4. The lowest BCUT2D eigenvalue weighted by Gasteiger charge is -2.21. The lowest BCUT2D eigenvalue weighted by atomic mass is 10.3. The first-order valence-corrected chi connectivity index (χ1v) is 5.60. The van der Waals surface area contributed by atoms with Crippen LogP contribution in [0.2, 0.25) is 0 Å². The topological polar surface area (TPSA) is 48.0 Å². The number of hydrogen-bond acceptors (Lipinski definition) is 5. The van der Waals surface area contributed by atoms with Gasteiger partial charge in [0.1, 0.15) is 0 Å². The third-order valence-corrected chi connectivity index (χ3v) is 2.23. The fourth-order valence-electron chi connectivity index (χ4n) is 1.25. The Bertz CT molecular complexity index is 175. The highest BCUT2D eigenvalue weighted by Gasteiger charge is 2.07. The normalized spacial score (nSPS) is 10.8. The molecule has 0 amide bonds. The number of nitrogens with zero attached hydrogens (tertiary/aromatic N) is 1. The van der Waals surface area contributed by atoms with Gasteiger partial charge in [-0.2, -0.15) is 0 Å². The molecule has 0 N–H and O–H groups in total. The molecule has 0 rings (SSSR count). The Morgan fingerprint density at radius 3 is 2.38 bits per heavy atom. The molecule has 0 unspecified atom stereocenters. The first-order chi connectivity index (χ1) is 7.74. The van der Waals surface area contributed by atoms with E-state index in [4.69, 9.17) is 9.47 Å². The van der Waals surface area contributed by atoms with E-state index in [-0.39, 0.29) is 5.97 Å². The predicted octanol–water partition coefficient (Wildman–Crippen LogP) is 0.534. The van der Waals surface area contributed by atoms with Crippen LogP contribution >= 0.6 is 0 Å². The molecule has 0 bridgehead atoms. The zero-order valence-electron chi connectivity index (χ0n) is 10.5. The molecule has 0 aromatic carbocycles. The largest absolute Gasteiger partial charge is 0.469 e. The van der Waals surface area contributed by atoms with Crippen LogP contribution in [0, 0.1) is 0 Å². The van der Waals surface area contributed by atoms with Crippen LogP contribution in [0.3, 0.4) is 0 Å². The Balaban J connectivity index is 3.75. The summed E-state index contributed by atoms with van der Waals surface area (Å²) in [6.07, 6.45) is 0.409. The van der Waals surface area contributed by atoms with E-state index in [0.717, 1.165) is 19.7 Å². The lowest BCUT2D eigenvalue weighted by molar-refractivity contribution is -0.141. The van der Waals surface area contributed by atoms with Crippen molar-refractivity contribution in [3.05, 3.63) is 0 Å². The molecule has 0 aromatic rings. The molecule has 0 aliphatic carbocycles. The summed E-state index contributed by atoms with van der Waals surface area (Å²) in [6, 6.07) is 0. The molecule has 0 saturated heterocycles. The molecule has 0 aliphatic heterocycles. The van der Waals surface area contributed by atoms with Crippen molar-refractivity contribution in [2.24, 2.45) is 0 Å². The second kappa shape index (κ2) is 10.9. The summed E-state index contributed by atoms with van der Waals surface area (Å²) in [4.78, 5) is 13.1. The molecule has 0 fully saturated rings. The van der Waals surface area contributed by atoms with Gasteiger partial charge in [0, 0.05) is 33.4 Å². The molecule has 0 atom stereocenters. The number of esters is 1. The highest BCUT2D eigenvalue weighted by Crippen LogP contribution is 1.94. The molecule has 16 heavy (non-hydrogen) atoms. The lowest BCUT2D eigenvalue weighted by Crippen LogP contribution is -2.33. The minimum Gasteiger partial charge on any atom is -0.469 e. The summed E-state index contributed by atoms with van der Waals surface area (Å²) in [5.41, 5.74) is 0. The van der Waals surface area contributed by atoms with Crippen LogP contribution in [-0.4, -0.2) is 64.5 Å². The van der Waals surface area contributed by atoms with Crippen molar-refractivity contribution in [1.82, 2.24) is 4.90 Å². The van der Waals surface area contributed by atoms with Crippen molar-refractivity contribution >= 4 is 5.97 Å². The van der Waals surface area contributed by atoms with Gasteiger partial charge in [-0.1, -0.05) is 0 Å². The van der Waals surface area contributed by atoms with E-state index in [1.165, 1.54) is 7.11 Å². The van der Waals surface area contributed by atoms with Crippen LogP contribution in [-0.2, 0) is 19.0 Å². The summed E-state index contributed by atoms with van der Waals surface area (Å²) in [5, 5.41) is 0. The Morgan fingerprint density at radius 1 is 1.12 bits per heavy atom. The number of rotatable bonds is 10. The molecule has 96 valence electrons. The van der Waals surface area contributed by atoms with Crippen LogP contribution in [0.4, 0.5) is 0 Å². The summed E-state index contributed by atoms with van der Waals surface area (Å²) in [6.45, 7) is 6.33. The average Bonchev–Trinajstić information content (AvgIpc) is 2.31. The van der Waals surface area contributed by atoms with Gasteiger partial charge in [-0.05, 0) is 6.92 Å². The van der Waals surface area contributed by atoms with E-state index >= 15 is 0 Å². The second-order valence-electron chi connectivity index (χ2n) is 3.36. The fourth-order valence-corrected chi connectivity index (χ4v) is 1.25. The van der Waals surface area contributed by atoms with Crippen LogP contribution in [0.25, 0.3) is 0 Å². The number of ether oxygens (including phenoxy) is 3. The van der Waals surface area contributed by atoms with E-state index in [9.17, 15) is 4.79 Å². The van der Waals surface area contributed by atoms with Gasteiger partial charge in [0.05, 0.1) is 26.7 Å². The molecule has 0 spiro atoms. The van der Waals surface area contributed by atoms with E-state index in [0.29, 0.717) is 26.2 Å². The van der Waals surface area contributed by atoms with Crippen molar-refractivity contribution in [3.63, 3.8) is 0 Å². The summed E-state index contributed by atoms with van der Waals surface area (Å²) >= 11 is 0. The number of carbonyl (C=O) groups is 1. The third kappa shape index (κ3) is 8.64. The molecule has 0 radical (unpaired) electrons. The quantitative estimate of drug-likeness (QED) is 0.407. The molecule has 0 heterocycles. The monoisotopic (exact) mass is 233 g/mol. The Labute approximate surface area is 97.7 Å². The highest BCUT2D eigenvalue weighted by molar-refractivity contribution is 5.69.